The molecule has 4 nitrogen and oxygen atoms in total. The van der Waals surface area contributed by atoms with Crippen LogP contribution in [0.25, 0.3) is 0 Å². The molecule has 2 rings (SSSR count). The molecule has 0 spiro atoms. The number of urea groups is 1. The molecule has 116 valence electrons. The first-order chi connectivity index (χ1) is 9.94. The van der Waals surface area contributed by atoms with Crippen molar-refractivity contribution >= 4 is 6.03 Å². The number of hydrogen-bond acceptors (Lipinski definition) is 2. The molecule has 1 aromatic rings. The van der Waals surface area contributed by atoms with Gasteiger partial charge < -0.3 is 15.7 Å². The van der Waals surface area contributed by atoms with Gasteiger partial charge in [0.25, 0.3) is 0 Å². The highest BCUT2D eigenvalue weighted by molar-refractivity contribution is 5.74. The highest BCUT2D eigenvalue weighted by atomic mass is 16.3. The fourth-order valence-electron chi connectivity index (χ4n) is 2.57. The number of hydrogen-bond donors (Lipinski definition) is 3. The van der Waals surface area contributed by atoms with Crippen molar-refractivity contribution in [1.29, 1.82) is 0 Å². The van der Waals surface area contributed by atoms with Crippen LogP contribution in [-0.4, -0.2) is 30.3 Å². The van der Waals surface area contributed by atoms with Crippen LogP contribution in [0.2, 0.25) is 0 Å². The molecule has 3 N–H and O–H groups in total. The van der Waals surface area contributed by atoms with Crippen LogP contribution in [0, 0.1) is 19.3 Å². The highest BCUT2D eigenvalue weighted by Gasteiger charge is 2.42. The van der Waals surface area contributed by atoms with Crippen molar-refractivity contribution in [2.45, 2.75) is 46.1 Å². The van der Waals surface area contributed by atoms with Gasteiger partial charge in [-0.2, -0.15) is 0 Å². The predicted octanol–water partition coefficient (Wildman–Crippen LogP) is 2.31. The van der Waals surface area contributed by atoms with Crippen LogP contribution in [0.1, 0.15) is 36.5 Å². The van der Waals surface area contributed by atoms with Crippen LogP contribution in [0.3, 0.4) is 0 Å². The summed E-state index contributed by atoms with van der Waals surface area (Å²) in [6.45, 7) is 6.92. The zero-order valence-corrected chi connectivity index (χ0v) is 13.2. The normalized spacial score (nSPS) is 17.1. The maximum absolute atomic E-state index is 11.9. The molecule has 4 heteroatoms. The van der Waals surface area contributed by atoms with Crippen molar-refractivity contribution in [2.75, 3.05) is 13.2 Å². The number of carbonyl (C=O) groups is 1. The lowest BCUT2D eigenvalue weighted by Gasteiger charge is -2.18. The highest BCUT2D eigenvalue weighted by Crippen LogP contribution is 2.44. The van der Waals surface area contributed by atoms with Crippen molar-refractivity contribution in [3.63, 3.8) is 0 Å². The summed E-state index contributed by atoms with van der Waals surface area (Å²) in [5, 5.41) is 15.1. The Morgan fingerprint density at radius 3 is 2.67 bits per heavy atom. The lowest BCUT2D eigenvalue weighted by Crippen LogP contribution is -2.44. The molecule has 1 aromatic carbocycles. The van der Waals surface area contributed by atoms with E-state index in [1.165, 1.54) is 16.7 Å². The first-order valence-corrected chi connectivity index (χ1v) is 7.65. The summed E-state index contributed by atoms with van der Waals surface area (Å²) in [5.74, 6) is 0. The molecule has 2 amide bonds. The number of carbonyl (C=O) groups excluding carboxylic acids is 1. The monoisotopic (exact) mass is 290 g/mol. The molecule has 1 fully saturated rings. The first-order valence-electron chi connectivity index (χ1n) is 7.65. The van der Waals surface area contributed by atoms with E-state index in [9.17, 15) is 9.90 Å². The zero-order chi connectivity index (χ0) is 15.5. The van der Waals surface area contributed by atoms with Gasteiger partial charge in [-0.25, -0.2) is 4.79 Å². The average Bonchev–Trinajstić information content (AvgIpc) is 3.20. The van der Waals surface area contributed by atoms with Crippen LogP contribution in [0.15, 0.2) is 18.2 Å². The van der Waals surface area contributed by atoms with Crippen LogP contribution in [-0.2, 0) is 6.42 Å². The van der Waals surface area contributed by atoms with Crippen LogP contribution in [0.4, 0.5) is 4.79 Å². The fraction of sp³-hybridized carbons (Fsp3) is 0.588. The molecule has 1 atom stereocenters. The van der Waals surface area contributed by atoms with Crippen molar-refractivity contribution in [3.05, 3.63) is 34.9 Å². The van der Waals surface area contributed by atoms with E-state index in [1.54, 1.807) is 0 Å². The molecule has 0 radical (unpaired) electrons. The summed E-state index contributed by atoms with van der Waals surface area (Å²) >= 11 is 0. The first kappa shape index (κ1) is 15.8. The Kier molecular flexibility index (Phi) is 4.88. The van der Waals surface area contributed by atoms with Gasteiger partial charge in [-0.05, 0) is 51.2 Å². The maximum Gasteiger partial charge on any atom is 0.315 e. The van der Waals surface area contributed by atoms with E-state index in [4.69, 9.17) is 0 Å². The minimum absolute atomic E-state index is 0.0475. The Balaban J connectivity index is 1.78. The molecular formula is C17H26N2O2. The van der Waals surface area contributed by atoms with E-state index in [2.05, 4.69) is 42.7 Å². The molecule has 0 bridgehead atoms. The Bertz CT molecular complexity index is 510. The van der Waals surface area contributed by atoms with Crippen LogP contribution in [0.5, 0.6) is 0 Å². The SMILES string of the molecule is Cc1ccc(CC(C)NC(=O)NCC2(CO)CC2)c(C)c1. The van der Waals surface area contributed by atoms with Gasteiger partial charge in [0.05, 0.1) is 6.61 Å². The van der Waals surface area contributed by atoms with E-state index in [0.717, 1.165) is 19.3 Å². The smallest absolute Gasteiger partial charge is 0.315 e. The standard InChI is InChI=1S/C17H26N2O2/c1-12-4-5-15(13(2)8-12)9-14(3)19-16(21)18-10-17(11-20)6-7-17/h4-5,8,14,20H,6-7,9-11H2,1-3H3,(H2,18,19,21). The van der Waals surface area contributed by atoms with Gasteiger partial charge in [0.15, 0.2) is 0 Å². The molecular weight excluding hydrogens is 264 g/mol. The van der Waals surface area contributed by atoms with Crippen molar-refractivity contribution in [1.82, 2.24) is 10.6 Å². The molecule has 0 heterocycles. The second-order valence-electron chi connectivity index (χ2n) is 6.52. The third-order valence-electron chi connectivity index (χ3n) is 4.32. The van der Waals surface area contributed by atoms with Crippen LogP contribution < -0.4 is 10.6 Å². The zero-order valence-electron chi connectivity index (χ0n) is 13.2. The third-order valence-corrected chi connectivity index (χ3v) is 4.32. The lowest BCUT2D eigenvalue weighted by atomic mass is 10.00. The number of nitrogens with one attached hydrogen (secondary N) is 2. The predicted molar refractivity (Wildman–Crippen MR) is 84.4 cm³/mol. The summed E-state index contributed by atoms with van der Waals surface area (Å²) in [7, 11) is 0. The van der Waals surface area contributed by atoms with Crippen molar-refractivity contribution in [3.8, 4) is 0 Å². The molecule has 1 unspecified atom stereocenters. The number of benzene rings is 1. The van der Waals surface area contributed by atoms with E-state index >= 15 is 0 Å². The maximum atomic E-state index is 11.9. The van der Waals surface area contributed by atoms with Gasteiger partial charge in [0.2, 0.25) is 0 Å². The number of aliphatic hydroxyl groups is 1. The second-order valence-corrected chi connectivity index (χ2v) is 6.52. The van der Waals surface area contributed by atoms with Crippen molar-refractivity contribution < 1.29 is 9.90 Å². The van der Waals surface area contributed by atoms with E-state index in [0.29, 0.717) is 6.54 Å². The molecule has 21 heavy (non-hydrogen) atoms. The van der Waals surface area contributed by atoms with E-state index < -0.39 is 0 Å². The van der Waals surface area contributed by atoms with Crippen LogP contribution >= 0.6 is 0 Å². The third kappa shape index (κ3) is 4.46. The Morgan fingerprint density at radius 2 is 2.10 bits per heavy atom. The minimum Gasteiger partial charge on any atom is -0.396 e. The Morgan fingerprint density at radius 1 is 1.38 bits per heavy atom. The fourth-order valence-corrected chi connectivity index (χ4v) is 2.57. The van der Waals surface area contributed by atoms with Gasteiger partial charge >= 0.3 is 6.03 Å². The number of amides is 2. The molecule has 1 aliphatic rings. The summed E-state index contributed by atoms with van der Waals surface area (Å²) in [6, 6.07) is 6.33. The van der Waals surface area contributed by atoms with Gasteiger partial charge in [-0.15, -0.1) is 0 Å². The number of rotatable bonds is 6. The van der Waals surface area contributed by atoms with E-state index in [-0.39, 0.29) is 24.1 Å². The van der Waals surface area contributed by atoms with Gasteiger partial charge in [0.1, 0.15) is 0 Å². The van der Waals surface area contributed by atoms with Gasteiger partial charge in [-0.1, -0.05) is 23.8 Å². The summed E-state index contributed by atoms with van der Waals surface area (Å²) < 4.78 is 0. The topological polar surface area (TPSA) is 61.4 Å². The second kappa shape index (κ2) is 6.48. The van der Waals surface area contributed by atoms with Gasteiger partial charge in [-0.3, -0.25) is 0 Å². The van der Waals surface area contributed by atoms with Gasteiger partial charge in [0, 0.05) is 18.0 Å². The van der Waals surface area contributed by atoms with Crippen molar-refractivity contribution in [2.24, 2.45) is 5.41 Å². The average molecular weight is 290 g/mol. The Labute approximate surface area is 126 Å². The van der Waals surface area contributed by atoms with E-state index in [1.807, 2.05) is 6.92 Å². The summed E-state index contributed by atoms with van der Waals surface area (Å²) in [6.07, 6.45) is 2.83. The Hall–Kier alpha value is -1.55. The quantitative estimate of drug-likeness (QED) is 0.753. The molecule has 1 saturated carbocycles. The molecule has 0 saturated heterocycles. The number of aliphatic hydroxyl groups excluding tert-OH is 1. The molecule has 0 aromatic heterocycles. The molecule has 1 aliphatic carbocycles. The summed E-state index contributed by atoms with van der Waals surface area (Å²) in [5.41, 5.74) is 3.74. The largest absolute Gasteiger partial charge is 0.396 e. The molecule has 0 aliphatic heterocycles. The number of aryl methyl sites for hydroxylation is 2. The lowest BCUT2D eigenvalue weighted by molar-refractivity contribution is 0.202. The minimum atomic E-state index is -0.146. The summed E-state index contributed by atoms with van der Waals surface area (Å²) in [4.78, 5) is 11.9.